The Bertz CT molecular complexity index is 1110. The summed E-state index contributed by atoms with van der Waals surface area (Å²) in [5, 5.41) is 18.4. The number of aliphatic hydroxyl groups is 2. The molecule has 0 aliphatic rings. The predicted octanol–water partition coefficient (Wildman–Crippen LogP) is 13.9. The van der Waals surface area contributed by atoms with Gasteiger partial charge in [-0.3, -0.25) is 18.6 Å². The Kier molecular flexibility index (Phi) is 44.8. The first-order valence-corrected chi connectivity index (χ1v) is 26.4. The van der Waals surface area contributed by atoms with Crippen molar-refractivity contribution in [3.63, 3.8) is 0 Å². The Labute approximate surface area is 373 Å². The molecule has 0 aliphatic heterocycles. The minimum atomic E-state index is -4.63. The lowest BCUT2D eigenvalue weighted by Crippen LogP contribution is -2.29. The molecule has 0 heterocycles. The molecule has 10 nitrogen and oxygen atoms in total. The third kappa shape index (κ3) is 46.0. The van der Waals surface area contributed by atoms with Gasteiger partial charge in [-0.2, -0.15) is 0 Å². The smallest absolute Gasteiger partial charge is 0.462 e. The number of aliphatic hydroxyl groups excluding tert-OH is 2. The summed E-state index contributed by atoms with van der Waals surface area (Å²) in [7, 11) is -4.63. The van der Waals surface area contributed by atoms with E-state index in [4.69, 9.17) is 23.6 Å². The summed E-state index contributed by atoms with van der Waals surface area (Å²) < 4.78 is 32.8. The second-order valence-electron chi connectivity index (χ2n) is 16.8. The van der Waals surface area contributed by atoms with Crippen molar-refractivity contribution >= 4 is 19.8 Å². The van der Waals surface area contributed by atoms with Crippen LogP contribution < -0.4 is 0 Å². The fraction of sp³-hybridized carbons (Fsp3) is 0.840. The highest BCUT2D eigenvalue weighted by atomic mass is 31.2. The molecule has 0 aliphatic carbocycles. The Morgan fingerprint density at radius 2 is 0.852 bits per heavy atom. The van der Waals surface area contributed by atoms with E-state index >= 15 is 0 Å². The maximum Gasteiger partial charge on any atom is 0.472 e. The average molecular weight is 885 g/mol. The van der Waals surface area contributed by atoms with E-state index < -0.39 is 51.8 Å². The summed E-state index contributed by atoms with van der Waals surface area (Å²) in [6.45, 7) is 2.37. The van der Waals surface area contributed by atoms with Crippen LogP contribution in [-0.2, 0) is 32.7 Å². The lowest BCUT2D eigenvalue weighted by atomic mass is 10.0. The summed E-state index contributed by atoms with van der Waals surface area (Å²) in [6.07, 6.45) is 49.7. The third-order valence-corrected chi connectivity index (χ3v) is 11.7. The van der Waals surface area contributed by atoms with Gasteiger partial charge in [0.1, 0.15) is 12.7 Å². The van der Waals surface area contributed by atoms with Crippen LogP contribution in [0.5, 0.6) is 0 Å². The van der Waals surface area contributed by atoms with E-state index in [9.17, 15) is 24.2 Å². The molecule has 61 heavy (non-hydrogen) atoms. The number of phosphoric ester groups is 1. The third-order valence-electron chi connectivity index (χ3n) is 10.8. The molecule has 0 aromatic heterocycles. The number of allylic oxidation sites excluding steroid dienone is 6. The van der Waals surface area contributed by atoms with E-state index in [0.29, 0.717) is 12.8 Å². The van der Waals surface area contributed by atoms with Crippen molar-refractivity contribution in [2.24, 2.45) is 0 Å². The van der Waals surface area contributed by atoms with E-state index in [0.717, 1.165) is 57.8 Å². The van der Waals surface area contributed by atoms with Gasteiger partial charge in [0.2, 0.25) is 0 Å². The topological polar surface area (TPSA) is 149 Å². The molecule has 11 heteroatoms. The van der Waals surface area contributed by atoms with Crippen LogP contribution in [0.4, 0.5) is 0 Å². The minimum Gasteiger partial charge on any atom is -0.462 e. The lowest BCUT2D eigenvalue weighted by molar-refractivity contribution is -0.161. The fourth-order valence-electron chi connectivity index (χ4n) is 6.94. The molecule has 0 aromatic rings. The number of carbonyl (C=O) groups is 2. The van der Waals surface area contributed by atoms with E-state index in [1.54, 1.807) is 0 Å². The number of esters is 2. The molecule has 0 rings (SSSR count). The molecule has 0 saturated carbocycles. The molecule has 0 spiro atoms. The maximum atomic E-state index is 12.7. The standard InChI is InChI=1S/C50H93O10P/c1-3-5-7-9-11-13-15-17-19-21-22-23-24-26-28-30-32-34-36-38-40-42-50(54)60-48(46-59-61(55,56)58-44-47(52)43-51)45-57-49(53)41-39-37-35-33-31-29-27-25-20-18-16-14-12-10-8-6-4-2/h12,14,18,20,27,29,47-48,51-52H,3-11,13,15-17,19,21-26,28,30-46H2,1-2H3,(H,55,56)/b14-12+,20-18+,29-27+/t47-,48+/m0/s1. The van der Waals surface area contributed by atoms with Gasteiger partial charge in [-0.05, 0) is 51.4 Å². The van der Waals surface area contributed by atoms with Crippen molar-refractivity contribution in [1.82, 2.24) is 0 Å². The van der Waals surface area contributed by atoms with Crippen LogP contribution in [0.3, 0.4) is 0 Å². The minimum absolute atomic E-state index is 0.183. The van der Waals surface area contributed by atoms with E-state index in [-0.39, 0.29) is 19.4 Å². The van der Waals surface area contributed by atoms with Gasteiger partial charge >= 0.3 is 19.8 Å². The van der Waals surface area contributed by atoms with Crippen LogP contribution in [0, 0.1) is 0 Å². The largest absolute Gasteiger partial charge is 0.472 e. The van der Waals surface area contributed by atoms with Crippen LogP contribution in [-0.4, -0.2) is 65.7 Å². The van der Waals surface area contributed by atoms with Crippen LogP contribution in [0.2, 0.25) is 0 Å². The second-order valence-corrected chi connectivity index (χ2v) is 18.3. The molecule has 0 saturated heterocycles. The highest BCUT2D eigenvalue weighted by Gasteiger charge is 2.27. The Hall–Kier alpha value is -1.81. The molecule has 1 unspecified atom stereocenters. The molecule has 0 radical (unpaired) electrons. The highest BCUT2D eigenvalue weighted by Crippen LogP contribution is 2.43. The summed E-state index contributed by atoms with van der Waals surface area (Å²) in [6, 6.07) is 0. The number of ether oxygens (including phenoxy) is 2. The number of hydrogen-bond acceptors (Lipinski definition) is 9. The van der Waals surface area contributed by atoms with Crippen molar-refractivity contribution in [3.05, 3.63) is 36.5 Å². The Morgan fingerprint density at radius 1 is 0.492 bits per heavy atom. The number of carbonyl (C=O) groups excluding carboxylic acids is 2. The SMILES string of the molecule is CCCCC/C=C/C/C=C/C/C=C/CCCCCCC(=O)OC[C@H](COP(=O)(O)OC[C@@H](O)CO)OC(=O)CCCCCCCCCCCCCCCCCCCCCCC. The lowest BCUT2D eigenvalue weighted by Gasteiger charge is -2.20. The maximum absolute atomic E-state index is 12.7. The van der Waals surface area contributed by atoms with Crippen molar-refractivity contribution in [2.75, 3.05) is 26.4 Å². The molecular weight excluding hydrogens is 792 g/mol. The van der Waals surface area contributed by atoms with Gasteiger partial charge in [-0.25, -0.2) is 4.57 Å². The molecule has 0 amide bonds. The molecule has 358 valence electrons. The first-order chi connectivity index (χ1) is 29.7. The van der Waals surface area contributed by atoms with Crippen molar-refractivity contribution < 1.29 is 47.8 Å². The van der Waals surface area contributed by atoms with Gasteiger partial charge in [-0.1, -0.05) is 204 Å². The van der Waals surface area contributed by atoms with Crippen LogP contribution in [0.1, 0.15) is 232 Å². The number of phosphoric acid groups is 1. The zero-order valence-electron chi connectivity index (χ0n) is 39.1. The number of unbranched alkanes of at least 4 members (excludes halogenated alkanes) is 27. The zero-order chi connectivity index (χ0) is 44.8. The van der Waals surface area contributed by atoms with Crippen molar-refractivity contribution in [3.8, 4) is 0 Å². The van der Waals surface area contributed by atoms with E-state index in [1.165, 1.54) is 135 Å². The molecule has 0 aromatic carbocycles. The number of hydrogen-bond donors (Lipinski definition) is 3. The van der Waals surface area contributed by atoms with Crippen LogP contribution in [0.15, 0.2) is 36.5 Å². The predicted molar refractivity (Wildman–Crippen MR) is 251 cm³/mol. The highest BCUT2D eigenvalue weighted by molar-refractivity contribution is 7.47. The second kappa shape index (κ2) is 46.2. The van der Waals surface area contributed by atoms with Gasteiger partial charge in [0.15, 0.2) is 6.10 Å². The summed E-state index contributed by atoms with van der Waals surface area (Å²) >= 11 is 0. The average Bonchev–Trinajstić information content (AvgIpc) is 3.25. The van der Waals surface area contributed by atoms with E-state index in [2.05, 4.69) is 50.3 Å². The fourth-order valence-corrected chi connectivity index (χ4v) is 7.73. The Morgan fingerprint density at radius 3 is 1.31 bits per heavy atom. The molecule has 0 bridgehead atoms. The van der Waals surface area contributed by atoms with Gasteiger partial charge in [-0.15, -0.1) is 0 Å². The van der Waals surface area contributed by atoms with Gasteiger partial charge in [0.05, 0.1) is 19.8 Å². The van der Waals surface area contributed by atoms with Crippen LogP contribution in [0.25, 0.3) is 0 Å². The first kappa shape index (κ1) is 59.2. The summed E-state index contributed by atoms with van der Waals surface area (Å²) in [5.74, 6) is -0.940. The molecule has 3 atom stereocenters. The molecule has 3 N–H and O–H groups in total. The van der Waals surface area contributed by atoms with Gasteiger partial charge in [0.25, 0.3) is 0 Å². The Balaban J connectivity index is 4.20. The van der Waals surface area contributed by atoms with Crippen LogP contribution >= 0.6 is 7.82 Å². The summed E-state index contributed by atoms with van der Waals surface area (Å²) in [5.41, 5.74) is 0. The zero-order valence-corrected chi connectivity index (χ0v) is 40.0. The monoisotopic (exact) mass is 885 g/mol. The van der Waals surface area contributed by atoms with Crippen molar-refractivity contribution in [1.29, 1.82) is 0 Å². The normalized spacial score (nSPS) is 14.0. The summed E-state index contributed by atoms with van der Waals surface area (Å²) in [4.78, 5) is 35.1. The van der Waals surface area contributed by atoms with Gasteiger partial charge < -0.3 is 24.6 Å². The quantitative estimate of drug-likeness (QED) is 0.0233. The van der Waals surface area contributed by atoms with Gasteiger partial charge in [0, 0.05) is 12.8 Å². The molecule has 0 fully saturated rings. The molecular formula is C50H93O10P. The first-order valence-electron chi connectivity index (χ1n) is 24.9. The van der Waals surface area contributed by atoms with E-state index in [1.807, 2.05) is 0 Å². The van der Waals surface area contributed by atoms with Crippen molar-refractivity contribution in [2.45, 2.75) is 244 Å². The number of rotatable bonds is 47.